The van der Waals surface area contributed by atoms with E-state index in [1.807, 2.05) is 48.5 Å². The molecule has 2 aromatic carbocycles. The molecule has 0 atom stereocenters. The number of amides is 2. The van der Waals surface area contributed by atoms with Gasteiger partial charge in [-0.3, -0.25) is 0 Å². The molecule has 8 heteroatoms. The Labute approximate surface area is 198 Å². The molecule has 0 aliphatic heterocycles. The van der Waals surface area contributed by atoms with Crippen molar-refractivity contribution in [3.8, 4) is 16.9 Å². The number of urea groups is 1. The van der Waals surface area contributed by atoms with Crippen LogP contribution in [0.1, 0.15) is 24.4 Å². The molecule has 34 heavy (non-hydrogen) atoms. The van der Waals surface area contributed by atoms with Crippen molar-refractivity contribution in [1.82, 2.24) is 25.2 Å². The highest BCUT2D eigenvalue weighted by Gasteiger charge is 2.32. The molecule has 0 spiro atoms. The number of nitrogens with two attached hydrogens (primary N) is 1. The minimum absolute atomic E-state index is 0.146. The fraction of sp³-hybridized carbons (Fsp3) is 0.269. The van der Waals surface area contributed by atoms with Crippen LogP contribution in [0.3, 0.4) is 0 Å². The first-order valence-corrected chi connectivity index (χ1v) is 11.5. The van der Waals surface area contributed by atoms with E-state index in [1.165, 1.54) is 6.33 Å². The van der Waals surface area contributed by atoms with Crippen molar-refractivity contribution in [2.24, 2.45) is 5.92 Å². The van der Waals surface area contributed by atoms with Crippen LogP contribution in [0.4, 0.5) is 10.6 Å². The number of nitrogen functional groups attached to an aromatic ring is 1. The molecule has 174 valence electrons. The number of benzene rings is 2. The molecule has 4 aromatic rings. The van der Waals surface area contributed by atoms with E-state index in [1.54, 1.807) is 7.05 Å². The van der Waals surface area contributed by atoms with Crippen LogP contribution in [0, 0.1) is 5.92 Å². The maximum absolute atomic E-state index is 11.5. The van der Waals surface area contributed by atoms with Gasteiger partial charge in [0.1, 0.15) is 30.1 Å². The number of ether oxygens (including phenoxy) is 1. The van der Waals surface area contributed by atoms with Gasteiger partial charge in [0.15, 0.2) is 0 Å². The van der Waals surface area contributed by atoms with E-state index in [9.17, 15) is 4.79 Å². The molecule has 5 rings (SSSR count). The third-order valence-electron chi connectivity index (χ3n) is 6.41. The Morgan fingerprint density at radius 3 is 2.76 bits per heavy atom. The van der Waals surface area contributed by atoms with Crippen LogP contribution >= 0.6 is 0 Å². The van der Waals surface area contributed by atoms with Gasteiger partial charge in [-0.05, 0) is 42.0 Å². The van der Waals surface area contributed by atoms with Crippen molar-refractivity contribution in [2.45, 2.75) is 25.5 Å². The van der Waals surface area contributed by atoms with Gasteiger partial charge in [-0.1, -0.05) is 42.5 Å². The average Bonchev–Trinajstić information content (AvgIpc) is 3.23. The van der Waals surface area contributed by atoms with Gasteiger partial charge in [0.2, 0.25) is 0 Å². The summed E-state index contributed by atoms with van der Waals surface area (Å²) >= 11 is 0. The monoisotopic (exact) mass is 456 g/mol. The van der Waals surface area contributed by atoms with Gasteiger partial charge in [-0.15, -0.1) is 0 Å². The van der Waals surface area contributed by atoms with Gasteiger partial charge in [-0.2, -0.15) is 0 Å². The van der Waals surface area contributed by atoms with E-state index in [0.29, 0.717) is 30.9 Å². The summed E-state index contributed by atoms with van der Waals surface area (Å²) in [5.74, 6) is 1.70. The van der Waals surface area contributed by atoms with E-state index in [4.69, 9.17) is 10.5 Å². The number of carbonyl (C=O) groups excluding carboxylic acids is 1. The standard InChI is InChI=1S/C26H28N6O2/c1-28-26(33)29-13-18-10-20(11-18)32-14-22(23-24(27)30-16-31-25(23)32)19-8-5-9-21(12-19)34-15-17-6-3-2-4-7-17/h2-9,12,14,16,18,20H,10-11,13,15H2,1H3,(H2,27,30,31)(H2,28,29,33). The zero-order valence-corrected chi connectivity index (χ0v) is 19.1. The summed E-state index contributed by atoms with van der Waals surface area (Å²) in [6.45, 7) is 1.17. The summed E-state index contributed by atoms with van der Waals surface area (Å²) in [4.78, 5) is 20.3. The first kappa shape index (κ1) is 21.8. The molecule has 1 saturated carbocycles. The zero-order valence-electron chi connectivity index (χ0n) is 19.1. The number of aromatic nitrogens is 3. The second kappa shape index (κ2) is 9.43. The van der Waals surface area contributed by atoms with Gasteiger partial charge in [0.05, 0.1) is 5.39 Å². The molecule has 0 unspecified atom stereocenters. The number of nitrogens with zero attached hydrogens (tertiary/aromatic N) is 3. The molecule has 2 amide bonds. The Hall–Kier alpha value is -4.07. The van der Waals surface area contributed by atoms with E-state index in [2.05, 4.69) is 37.4 Å². The van der Waals surface area contributed by atoms with E-state index < -0.39 is 0 Å². The molecule has 2 aromatic heterocycles. The zero-order chi connectivity index (χ0) is 23.5. The van der Waals surface area contributed by atoms with Gasteiger partial charge >= 0.3 is 6.03 Å². The number of hydrogen-bond donors (Lipinski definition) is 3. The molecule has 0 radical (unpaired) electrons. The minimum atomic E-state index is -0.146. The summed E-state index contributed by atoms with van der Waals surface area (Å²) in [6.07, 6.45) is 5.58. The third-order valence-corrected chi connectivity index (χ3v) is 6.41. The minimum Gasteiger partial charge on any atom is -0.489 e. The van der Waals surface area contributed by atoms with Crippen LogP contribution in [0.5, 0.6) is 5.75 Å². The van der Waals surface area contributed by atoms with Gasteiger partial charge in [-0.25, -0.2) is 14.8 Å². The SMILES string of the molecule is CNC(=O)NCC1CC(n2cc(-c3cccc(OCc4ccccc4)c3)c3c(N)ncnc32)C1. The van der Waals surface area contributed by atoms with Crippen molar-refractivity contribution in [3.63, 3.8) is 0 Å². The molecular formula is C26H28N6O2. The Morgan fingerprint density at radius 1 is 1.15 bits per heavy atom. The summed E-state index contributed by atoms with van der Waals surface area (Å²) in [7, 11) is 1.62. The summed E-state index contributed by atoms with van der Waals surface area (Å²) in [5.41, 5.74) is 10.3. The van der Waals surface area contributed by atoms with E-state index in [0.717, 1.165) is 46.3 Å². The predicted octanol–water partition coefficient (Wildman–Crippen LogP) is 4.14. The Balaban J connectivity index is 1.39. The number of carbonyl (C=O) groups is 1. The van der Waals surface area contributed by atoms with Gasteiger partial charge < -0.3 is 25.7 Å². The van der Waals surface area contributed by atoms with Crippen molar-refractivity contribution < 1.29 is 9.53 Å². The quantitative estimate of drug-likeness (QED) is 0.387. The van der Waals surface area contributed by atoms with Crippen molar-refractivity contribution in [2.75, 3.05) is 19.3 Å². The van der Waals surface area contributed by atoms with Crippen LogP contribution in [0.25, 0.3) is 22.2 Å². The number of hydrogen-bond acceptors (Lipinski definition) is 5. The van der Waals surface area contributed by atoms with Crippen molar-refractivity contribution in [3.05, 3.63) is 72.7 Å². The van der Waals surface area contributed by atoms with Crippen LogP contribution < -0.4 is 21.1 Å². The molecule has 0 saturated heterocycles. The number of fused-ring (bicyclic) bond motifs is 1. The highest BCUT2D eigenvalue weighted by atomic mass is 16.5. The Bertz CT molecular complexity index is 1300. The molecular weight excluding hydrogens is 428 g/mol. The maximum atomic E-state index is 11.5. The van der Waals surface area contributed by atoms with E-state index >= 15 is 0 Å². The van der Waals surface area contributed by atoms with Gasteiger partial charge in [0, 0.05) is 31.4 Å². The molecule has 1 fully saturated rings. The lowest BCUT2D eigenvalue weighted by atomic mass is 9.80. The smallest absolute Gasteiger partial charge is 0.314 e. The molecule has 1 aliphatic rings. The summed E-state index contributed by atoms with van der Waals surface area (Å²) in [5, 5.41) is 6.34. The van der Waals surface area contributed by atoms with Crippen molar-refractivity contribution in [1.29, 1.82) is 0 Å². The second-order valence-corrected chi connectivity index (χ2v) is 8.66. The molecule has 2 heterocycles. The van der Waals surface area contributed by atoms with E-state index in [-0.39, 0.29) is 6.03 Å². The van der Waals surface area contributed by atoms with Crippen molar-refractivity contribution >= 4 is 22.9 Å². The normalized spacial score (nSPS) is 17.2. The fourth-order valence-corrected chi connectivity index (χ4v) is 4.52. The van der Waals surface area contributed by atoms with Gasteiger partial charge in [0.25, 0.3) is 0 Å². The fourth-order valence-electron chi connectivity index (χ4n) is 4.52. The number of nitrogens with one attached hydrogen (secondary N) is 2. The summed E-state index contributed by atoms with van der Waals surface area (Å²) in [6, 6.07) is 18.3. The maximum Gasteiger partial charge on any atom is 0.314 e. The molecule has 8 nitrogen and oxygen atoms in total. The molecule has 0 bridgehead atoms. The number of rotatable bonds is 7. The topological polar surface area (TPSA) is 107 Å². The summed E-state index contributed by atoms with van der Waals surface area (Å²) < 4.78 is 8.25. The van der Waals surface area contributed by atoms with Crippen LogP contribution in [-0.4, -0.2) is 34.2 Å². The first-order valence-electron chi connectivity index (χ1n) is 11.5. The molecule has 1 aliphatic carbocycles. The van der Waals surface area contributed by atoms with Crippen LogP contribution in [0.15, 0.2) is 67.1 Å². The lowest BCUT2D eigenvalue weighted by Gasteiger charge is -2.36. The highest BCUT2D eigenvalue weighted by Crippen LogP contribution is 2.42. The third kappa shape index (κ3) is 4.39. The Morgan fingerprint density at radius 2 is 1.97 bits per heavy atom. The first-order chi connectivity index (χ1) is 16.6. The molecule has 4 N–H and O–H groups in total. The lowest BCUT2D eigenvalue weighted by molar-refractivity contribution is 0.193. The van der Waals surface area contributed by atoms with Crippen LogP contribution in [0.2, 0.25) is 0 Å². The lowest BCUT2D eigenvalue weighted by Crippen LogP contribution is -2.40. The highest BCUT2D eigenvalue weighted by molar-refractivity contribution is 6.00. The Kier molecular flexibility index (Phi) is 6.03. The predicted molar refractivity (Wildman–Crippen MR) is 132 cm³/mol. The number of anilines is 1. The second-order valence-electron chi connectivity index (χ2n) is 8.66. The van der Waals surface area contributed by atoms with Crippen LogP contribution in [-0.2, 0) is 6.61 Å². The average molecular weight is 457 g/mol. The largest absolute Gasteiger partial charge is 0.489 e.